The Morgan fingerprint density at radius 2 is 2.44 bits per heavy atom. The normalized spacial score (nSPS) is 41.9. The predicted octanol–water partition coefficient (Wildman–Crippen LogP) is 0.306. The monoisotopic (exact) mass is 128 g/mol. The summed E-state index contributed by atoms with van der Waals surface area (Å²) in [6.07, 6.45) is 4.44. The number of hydrogen-bond acceptors (Lipinski definition) is 2. The molecule has 0 aromatic rings. The van der Waals surface area contributed by atoms with Crippen LogP contribution in [0.2, 0.25) is 0 Å². The summed E-state index contributed by atoms with van der Waals surface area (Å²) in [4.78, 5) is 0. The topological polar surface area (TPSA) is 40.5 Å². The molecule has 2 nitrogen and oxygen atoms in total. The van der Waals surface area contributed by atoms with Crippen LogP contribution >= 0.6 is 0 Å². The predicted molar refractivity (Wildman–Crippen MR) is 35.0 cm³/mol. The third-order valence-electron chi connectivity index (χ3n) is 1.92. The van der Waals surface area contributed by atoms with Crippen molar-refractivity contribution in [2.75, 3.05) is 6.61 Å². The van der Waals surface area contributed by atoms with Gasteiger partial charge in [-0.05, 0) is 13.3 Å². The fraction of sp³-hybridized carbons (Fsp3) is 0.714. The molecule has 0 spiro atoms. The maximum absolute atomic E-state index is 9.41. The zero-order valence-corrected chi connectivity index (χ0v) is 5.54. The van der Waals surface area contributed by atoms with Gasteiger partial charge in [0, 0.05) is 12.5 Å². The van der Waals surface area contributed by atoms with E-state index >= 15 is 0 Å². The summed E-state index contributed by atoms with van der Waals surface area (Å²) in [5, 5.41) is 18.1. The fourth-order valence-electron chi connectivity index (χ4n) is 1.10. The third kappa shape index (κ3) is 1.14. The van der Waals surface area contributed by atoms with Crippen molar-refractivity contribution in [3.05, 3.63) is 12.2 Å². The summed E-state index contributed by atoms with van der Waals surface area (Å²) in [7, 11) is 0. The second-order valence-corrected chi connectivity index (χ2v) is 2.74. The number of allylic oxidation sites excluding steroid dienone is 1. The maximum Gasteiger partial charge on any atom is 0.0852 e. The molecule has 2 atom stereocenters. The SMILES string of the molecule is C[C@]1(O)C=CCC1CO. The van der Waals surface area contributed by atoms with Gasteiger partial charge >= 0.3 is 0 Å². The molecule has 1 aliphatic rings. The van der Waals surface area contributed by atoms with Crippen LogP contribution in [0.3, 0.4) is 0 Å². The number of aliphatic hydroxyl groups excluding tert-OH is 1. The molecular weight excluding hydrogens is 116 g/mol. The quantitative estimate of drug-likeness (QED) is 0.499. The van der Waals surface area contributed by atoms with Gasteiger partial charge in [0.25, 0.3) is 0 Å². The summed E-state index contributed by atoms with van der Waals surface area (Å²) < 4.78 is 0. The second kappa shape index (κ2) is 2.12. The first-order valence-electron chi connectivity index (χ1n) is 3.18. The molecule has 0 saturated heterocycles. The van der Waals surface area contributed by atoms with Gasteiger partial charge in [0.2, 0.25) is 0 Å². The van der Waals surface area contributed by atoms with E-state index in [1.54, 1.807) is 13.0 Å². The molecule has 9 heavy (non-hydrogen) atoms. The molecule has 0 aromatic carbocycles. The average Bonchev–Trinajstić information content (AvgIpc) is 2.08. The highest BCUT2D eigenvalue weighted by Crippen LogP contribution is 2.27. The van der Waals surface area contributed by atoms with Crippen LogP contribution in [0.4, 0.5) is 0 Å². The summed E-state index contributed by atoms with van der Waals surface area (Å²) >= 11 is 0. The van der Waals surface area contributed by atoms with Crippen molar-refractivity contribution >= 4 is 0 Å². The first-order valence-corrected chi connectivity index (χ1v) is 3.18. The first kappa shape index (κ1) is 6.78. The zero-order valence-electron chi connectivity index (χ0n) is 5.54. The van der Waals surface area contributed by atoms with Crippen LogP contribution in [-0.4, -0.2) is 22.4 Å². The van der Waals surface area contributed by atoms with E-state index in [4.69, 9.17) is 5.11 Å². The van der Waals surface area contributed by atoms with Crippen LogP contribution in [-0.2, 0) is 0 Å². The van der Waals surface area contributed by atoms with Crippen LogP contribution in [0.25, 0.3) is 0 Å². The average molecular weight is 128 g/mol. The molecule has 0 amide bonds. The van der Waals surface area contributed by atoms with Crippen molar-refractivity contribution in [1.82, 2.24) is 0 Å². The third-order valence-corrected chi connectivity index (χ3v) is 1.92. The van der Waals surface area contributed by atoms with E-state index in [1.807, 2.05) is 6.08 Å². The molecule has 2 heteroatoms. The minimum atomic E-state index is -0.769. The van der Waals surface area contributed by atoms with Crippen molar-refractivity contribution in [2.24, 2.45) is 5.92 Å². The molecule has 0 radical (unpaired) electrons. The van der Waals surface area contributed by atoms with Crippen LogP contribution in [0.5, 0.6) is 0 Å². The fourth-order valence-corrected chi connectivity index (χ4v) is 1.10. The van der Waals surface area contributed by atoms with Crippen molar-refractivity contribution in [2.45, 2.75) is 18.9 Å². The molecule has 1 rings (SSSR count). The minimum absolute atomic E-state index is 0.0116. The molecule has 0 heterocycles. The number of rotatable bonds is 1. The van der Waals surface area contributed by atoms with Gasteiger partial charge in [-0.2, -0.15) is 0 Å². The number of hydrogen-bond donors (Lipinski definition) is 2. The molecule has 0 aromatic heterocycles. The lowest BCUT2D eigenvalue weighted by atomic mass is 9.94. The molecule has 0 bridgehead atoms. The highest BCUT2D eigenvalue weighted by atomic mass is 16.3. The largest absolute Gasteiger partial charge is 0.396 e. The Hall–Kier alpha value is -0.340. The van der Waals surface area contributed by atoms with E-state index in [9.17, 15) is 5.11 Å². The molecular formula is C7H12O2. The molecule has 1 aliphatic carbocycles. The zero-order chi connectivity index (χ0) is 6.91. The Balaban J connectivity index is 2.60. The maximum atomic E-state index is 9.41. The van der Waals surface area contributed by atoms with Gasteiger partial charge in [0.05, 0.1) is 5.60 Å². The lowest BCUT2D eigenvalue weighted by molar-refractivity contribution is 0.0279. The summed E-state index contributed by atoms with van der Waals surface area (Å²) in [6.45, 7) is 1.79. The second-order valence-electron chi connectivity index (χ2n) is 2.74. The van der Waals surface area contributed by atoms with Crippen LogP contribution in [0.15, 0.2) is 12.2 Å². The van der Waals surface area contributed by atoms with Crippen LogP contribution in [0, 0.1) is 5.92 Å². The molecule has 0 saturated carbocycles. The molecule has 0 fully saturated rings. The Labute approximate surface area is 54.8 Å². The van der Waals surface area contributed by atoms with Crippen LogP contribution < -0.4 is 0 Å². The van der Waals surface area contributed by atoms with Crippen molar-refractivity contribution in [3.63, 3.8) is 0 Å². The standard InChI is InChI=1S/C7H12O2/c1-7(9)4-2-3-6(7)5-8/h2,4,6,8-9H,3,5H2,1H3/t6?,7-/m0/s1. The Morgan fingerprint density at radius 3 is 2.67 bits per heavy atom. The summed E-state index contributed by atoms with van der Waals surface area (Å²) in [5.41, 5.74) is -0.769. The Kier molecular flexibility index (Phi) is 1.60. The highest BCUT2D eigenvalue weighted by Gasteiger charge is 2.31. The van der Waals surface area contributed by atoms with Gasteiger partial charge in [-0.1, -0.05) is 12.2 Å². The van der Waals surface area contributed by atoms with Gasteiger partial charge in [0.15, 0.2) is 0 Å². The lowest BCUT2D eigenvalue weighted by Gasteiger charge is -2.22. The van der Waals surface area contributed by atoms with E-state index in [2.05, 4.69) is 0 Å². The van der Waals surface area contributed by atoms with E-state index in [0.29, 0.717) is 0 Å². The van der Waals surface area contributed by atoms with Crippen molar-refractivity contribution < 1.29 is 10.2 Å². The van der Waals surface area contributed by atoms with Crippen molar-refractivity contribution in [3.8, 4) is 0 Å². The van der Waals surface area contributed by atoms with E-state index in [1.165, 1.54) is 0 Å². The van der Waals surface area contributed by atoms with Gasteiger partial charge in [-0.15, -0.1) is 0 Å². The first-order chi connectivity index (χ1) is 4.17. The Bertz CT molecular complexity index is 127. The van der Waals surface area contributed by atoms with Gasteiger partial charge in [0.1, 0.15) is 0 Å². The minimum Gasteiger partial charge on any atom is -0.396 e. The lowest BCUT2D eigenvalue weighted by Crippen LogP contribution is -2.30. The van der Waals surface area contributed by atoms with Gasteiger partial charge in [-0.3, -0.25) is 0 Å². The summed E-state index contributed by atoms with van der Waals surface area (Å²) in [5.74, 6) is 0.0116. The van der Waals surface area contributed by atoms with E-state index in [-0.39, 0.29) is 12.5 Å². The van der Waals surface area contributed by atoms with Gasteiger partial charge < -0.3 is 10.2 Å². The molecule has 52 valence electrons. The van der Waals surface area contributed by atoms with Crippen molar-refractivity contribution in [1.29, 1.82) is 0 Å². The van der Waals surface area contributed by atoms with E-state index < -0.39 is 5.60 Å². The molecule has 0 aliphatic heterocycles. The van der Waals surface area contributed by atoms with E-state index in [0.717, 1.165) is 6.42 Å². The smallest absolute Gasteiger partial charge is 0.0852 e. The Morgan fingerprint density at radius 1 is 1.78 bits per heavy atom. The highest BCUT2D eigenvalue weighted by molar-refractivity contribution is 5.10. The number of aliphatic hydroxyl groups is 2. The molecule has 2 N–H and O–H groups in total. The summed E-state index contributed by atoms with van der Waals surface area (Å²) in [6, 6.07) is 0. The van der Waals surface area contributed by atoms with Gasteiger partial charge in [-0.25, -0.2) is 0 Å². The van der Waals surface area contributed by atoms with Crippen LogP contribution in [0.1, 0.15) is 13.3 Å². The molecule has 1 unspecified atom stereocenters.